The fourth-order valence-electron chi connectivity index (χ4n) is 2.42. The van der Waals surface area contributed by atoms with Gasteiger partial charge in [0, 0.05) is 6.92 Å². The van der Waals surface area contributed by atoms with Crippen LogP contribution in [0.5, 0.6) is 0 Å². The van der Waals surface area contributed by atoms with Crippen molar-refractivity contribution in [1.29, 1.82) is 0 Å². The molecule has 0 unspecified atom stereocenters. The van der Waals surface area contributed by atoms with Crippen LogP contribution in [0.25, 0.3) is 0 Å². The van der Waals surface area contributed by atoms with Crippen molar-refractivity contribution in [2.75, 3.05) is 6.61 Å². The van der Waals surface area contributed by atoms with E-state index in [1.165, 1.54) is 6.92 Å². The number of aliphatic hydroxyl groups is 1. The maximum absolute atomic E-state index is 10.7. The second-order valence-electron chi connectivity index (χ2n) is 4.96. The lowest BCUT2D eigenvalue weighted by Gasteiger charge is -2.35. The molecule has 15 heavy (non-hydrogen) atoms. The lowest BCUT2D eigenvalue weighted by atomic mass is 9.75. The van der Waals surface area contributed by atoms with Gasteiger partial charge in [-0.1, -0.05) is 13.8 Å². The second-order valence-corrected chi connectivity index (χ2v) is 4.96. The highest BCUT2D eigenvalue weighted by molar-refractivity contribution is 5.65. The Bertz CT molecular complexity index is 213. The van der Waals surface area contributed by atoms with Gasteiger partial charge in [0.15, 0.2) is 0 Å². The molecule has 0 aromatic heterocycles. The normalized spacial score (nSPS) is 31.7. The van der Waals surface area contributed by atoms with E-state index in [9.17, 15) is 9.90 Å². The van der Waals surface area contributed by atoms with E-state index in [0.717, 1.165) is 19.3 Å². The summed E-state index contributed by atoms with van der Waals surface area (Å²) in [5.74, 6) is 1.07. The lowest BCUT2D eigenvalue weighted by Crippen LogP contribution is -2.34. The molecule has 1 aliphatic rings. The van der Waals surface area contributed by atoms with Gasteiger partial charge in [0.1, 0.15) is 0 Å². The molecular weight excluding hydrogens is 192 g/mol. The van der Waals surface area contributed by atoms with Gasteiger partial charge in [0.2, 0.25) is 0 Å². The van der Waals surface area contributed by atoms with E-state index in [1.807, 2.05) is 0 Å². The third kappa shape index (κ3) is 3.82. The Morgan fingerprint density at radius 3 is 2.60 bits per heavy atom. The van der Waals surface area contributed by atoms with Crippen LogP contribution >= 0.6 is 0 Å². The smallest absolute Gasteiger partial charge is 0.302 e. The summed E-state index contributed by atoms with van der Waals surface area (Å²) in [6, 6.07) is 0. The van der Waals surface area contributed by atoms with Gasteiger partial charge in [0.05, 0.1) is 12.7 Å². The first-order valence-corrected chi connectivity index (χ1v) is 5.82. The zero-order valence-corrected chi connectivity index (χ0v) is 9.90. The summed E-state index contributed by atoms with van der Waals surface area (Å²) in [7, 11) is 0. The minimum atomic E-state index is -0.226. The predicted octanol–water partition coefficient (Wildman–Crippen LogP) is 1.98. The van der Waals surface area contributed by atoms with Crippen molar-refractivity contribution in [2.45, 2.75) is 46.1 Å². The van der Waals surface area contributed by atoms with Crippen molar-refractivity contribution in [3.8, 4) is 0 Å². The molecule has 0 spiro atoms. The second kappa shape index (κ2) is 5.50. The van der Waals surface area contributed by atoms with Crippen LogP contribution in [-0.4, -0.2) is 23.8 Å². The van der Waals surface area contributed by atoms with E-state index < -0.39 is 0 Å². The summed E-state index contributed by atoms with van der Waals surface area (Å²) in [4.78, 5) is 10.7. The number of carbonyl (C=O) groups is 1. The van der Waals surface area contributed by atoms with Gasteiger partial charge in [-0.2, -0.15) is 0 Å². The minimum absolute atomic E-state index is 0.223. The van der Waals surface area contributed by atoms with Crippen molar-refractivity contribution >= 4 is 5.97 Å². The maximum atomic E-state index is 10.7. The van der Waals surface area contributed by atoms with Crippen molar-refractivity contribution < 1.29 is 14.6 Å². The number of rotatable bonds is 3. The number of carbonyl (C=O) groups excluding carboxylic acids is 1. The first-order chi connectivity index (χ1) is 7.00. The average molecular weight is 214 g/mol. The van der Waals surface area contributed by atoms with Gasteiger partial charge in [-0.05, 0) is 37.0 Å². The Morgan fingerprint density at radius 2 is 2.13 bits per heavy atom. The van der Waals surface area contributed by atoms with Crippen LogP contribution in [0.3, 0.4) is 0 Å². The molecule has 0 aromatic rings. The average Bonchev–Trinajstić information content (AvgIpc) is 2.14. The van der Waals surface area contributed by atoms with Crippen LogP contribution in [0.4, 0.5) is 0 Å². The first kappa shape index (κ1) is 12.5. The molecule has 0 aromatic carbocycles. The molecule has 3 atom stereocenters. The predicted molar refractivity (Wildman–Crippen MR) is 58.3 cm³/mol. The lowest BCUT2D eigenvalue weighted by molar-refractivity contribution is -0.143. The van der Waals surface area contributed by atoms with Crippen LogP contribution < -0.4 is 0 Å². The molecule has 0 radical (unpaired) electrons. The third-order valence-electron chi connectivity index (χ3n) is 3.36. The molecule has 1 saturated carbocycles. The van der Waals surface area contributed by atoms with Gasteiger partial charge in [0.25, 0.3) is 0 Å². The molecule has 0 heterocycles. The van der Waals surface area contributed by atoms with Gasteiger partial charge in [-0.15, -0.1) is 0 Å². The third-order valence-corrected chi connectivity index (χ3v) is 3.36. The Hall–Kier alpha value is -0.570. The molecule has 0 saturated heterocycles. The largest absolute Gasteiger partial charge is 0.466 e. The molecule has 3 heteroatoms. The molecule has 88 valence electrons. The first-order valence-electron chi connectivity index (χ1n) is 5.82. The van der Waals surface area contributed by atoms with Gasteiger partial charge >= 0.3 is 5.97 Å². The quantitative estimate of drug-likeness (QED) is 0.731. The van der Waals surface area contributed by atoms with E-state index in [-0.39, 0.29) is 12.1 Å². The summed E-state index contributed by atoms with van der Waals surface area (Å²) < 4.78 is 4.98. The van der Waals surface area contributed by atoms with Crippen LogP contribution in [0.2, 0.25) is 0 Å². The molecular formula is C12H22O3. The Labute approximate surface area is 91.8 Å². The van der Waals surface area contributed by atoms with Crippen molar-refractivity contribution in [3.63, 3.8) is 0 Å². The van der Waals surface area contributed by atoms with Crippen molar-refractivity contribution in [3.05, 3.63) is 0 Å². The van der Waals surface area contributed by atoms with Crippen LogP contribution in [-0.2, 0) is 9.53 Å². The fraction of sp³-hybridized carbons (Fsp3) is 0.917. The monoisotopic (exact) mass is 214 g/mol. The topological polar surface area (TPSA) is 46.5 Å². The highest BCUT2D eigenvalue weighted by Crippen LogP contribution is 2.33. The maximum Gasteiger partial charge on any atom is 0.302 e. The van der Waals surface area contributed by atoms with Gasteiger partial charge in [-0.25, -0.2) is 0 Å². The van der Waals surface area contributed by atoms with Gasteiger partial charge < -0.3 is 9.84 Å². The molecule has 1 fully saturated rings. The summed E-state index contributed by atoms with van der Waals surface area (Å²) in [5, 5.41) is 9.93. The Morgan fingerprint density at radius 1 is 1.47 bits per heavy atom. The number of aliphatic hydroxyl groups excluding tert-OH is 1. The standard InChI is InChI=1S/C12H22O3/c1-8(2)11-5-4-10(6-12(11)14)7-15-9(3)13/h8,10-12,14H,4-7H2,1-3H3/t10-,11+,12-/m1/s1. The zero-order chi connectivity index (χ0) is 11.4. The van der Waals surface area contributed by atoms with E-state index >= 15 is 0 Å². The van der Waals surface area contributed by atoms with Crippen LogP contribution in [0.15, 0.2) is 0 Å². The van der Waals surface area contributed by atoms with Crippen LogP contribution in [0, 0.1) is 17.8 Å². The van der Waals surface area contributed by atoms with Crippen molar-refractivity contribution in [2.24, 2.45) is 17.8 Å². The Kier molecular flexibility index (Phi) is 4.58. The van der Waals surface area contributed by atoms with Crippen molar-refractivity contribution in [1.82, 2.24) is 0 Å². The summed E-state index contributed by atoms with van der Waals surface area (Å²) >= 11 is 0. The highest BCUT2D eigenvalue weighted by atomic mass is 16.5. The highest BCUT2D eigenvalue weighted by Gasteiger charge is 2.31. The molecule has 1 N–H and O–H groups in total. The molecule has 0 amide bonds. The van der Waals surface area contributed by atoms with E-state index in [4.69, 9.17) is 4.74 Å². The van der Waals surface area contributed by atoms with E-state index in [2.05, 4.69) is 13.8 Å². The molecule has 3 nitrogen and oxygen atoms in total. The SMILES string of the molecule is CC(=O)OC[C@@H]1CC[C@@H](C(C)C)[C@H](O)C1. The summed E-state index contributed by atoms with van der Waals surface area (Å²) in [6.45, 7) is 6.20. The van der Waals surface area contributed by atoms with E-state index in [0.29, 0.717) is 24.4 Å². The van der Waals surface area contributed by atoms with E-state index in [1.54, 1.807) is 0 Å². The summed E-state index contributed by atoms with van der Waals surface area (Å²) in [6.07, 6.45) is 2.66. The number of hydrogen-bond acceptors (Lipinski definition) is 3. The summed E-state index contributed by atoms with van der Waals surface area (Å²) in [5.41, 5.74) is 0. The minimum Gasteiger partial charge on any atom is -0.466 e. The molecule has 0 aliphatic heterocycles. The zero-order valence-electron chi connectivity index (χ0n) is 9.90. The number of esters is 1. The number of ether oxygens (including phenoxy) is 1. The van der Waals surface area contributed by atoms with Gasteiger partial charge in [-0.3, -0.25) is 4.79 Å². The molecule has 0 bridgehead atoms. The fourth-order valence-corrected chi connectivity index (χ4v) is 2.42. The molecule has 1 rings (SSSR count). The number of hydrogen-bond donors (Lipinski definition) is 1. The Balaban J connectivity index is 2.34. The molecule has 1 aliphatic carbocycles. The van der Waals surface area contributed by atoms with Crippen LogP contribution in [0.1, 0.15) is 40.0 Å².